The number of ketones is 1. The molecule has 0 aliphatic rings. The van der Waals surface area contributed by atoms with Gasteiger partial charge < -0.3 is 0 Å². The summed E-state index contributed by atoms with van der Waals surface area (Å²) in [5.41, 5.74) is 2.89. The molecule has 0 bridgehead atoms. The van der Waals surface area contributed by atoms with E-state index in [9.17, 15) is 9.18 Å². The zero-order valence-electron chi connectivity index (χ0n) is 10.5. The fourth-order valence-electron chi connectivity index (χ4n) is 2.03. The van der Waals surface area contributed by atoms with E-state index in [4.69, 9.17) is 0 Å². The Morgan fingerprint density at radius 1 is 1.11 bits per heavy atom. The molecule has 2 rings (SSSR count). The molecule has 92 valence electrons. The van der Waals surface area contributed by atoms with Crippen molar-refractivity contribution < 1.29 is 9.18 Å². The van der Waals surface area contributed by atoms with Crippen molar-refractivity contribution in [3.05, 3.63) is 70.5 Å². The van der Waals surface area contributed by atoms with Crippen LogP contribution in [0, 0.1) is 12.7 Å². The van der Waals surface area contributed by atoms with Gasteiger partial charge in [0.15, 0.2) is 5.78 Å². The Morgan fingerprint density at radius 3 is 2.56 bits per heavy atom. The van der Waals surface area contributed by atoms with Crippen LogP contribution in [0.5, 0.6) is 0 Å². The molecule has 0 saturated heterocycles. The highest BCUT2D eigenvalue weighted by Crippen LogP contribution is 2.18. The molecule has 2 aromatic carbocycles. The Balaban J connectivity index is 2.51. The monoisotopic (exact) mass is 242 g/mol. The van der Waals surface area contributed by atoms with Crippen LogP contribution in [-0.2, 0) is 6.42 Å². The maximum absolute atomic E-state index is 13.3. The van der Waals surface area contributed by atoms with Crippen LogP contribution in [-0.4, -0.2) is 5.78 Å². The molecule has 0 spiro atoms. The van der Waals surface area contributed by atoms with Crippen LogP contribution in [0.1, 0.15) is 34.0 Å². The molecule has 2 heteroatoms. The van der Waals surface area contributed by atoms with E-state index in [0.717, 1.165) is 17.5 Å². The van der Waals surface area contributed by atoms with Crippen LogP contribution in [0.3, 0.4) is 0 Å². The molecule has 18 heavy (non-hydrogen) atoms. The molecule has 0 aliphatic carbocycles. The molecule has 0 aromatic heterocycles. The van der Waals surface area contributed by atoms with Crippen LogP contribution in [0.2, 0.25) is 0 Å². The van der Waals surface area contributed by atoms with E-state index in [0.29, 0.717) is 11.1 Å². The number of rotatable bonds is 3. The molecular formula is C16H15FO. The van der Waals surface area contributed by atoms with E-state index in [-0.39, 0.29) is 11.6 Å². The number of carbonyl (C=O) groups is 1. The van der Waals surface area contributed by atoms with Gasteiger partial charge in [-0.05, 0) is 36.6 Å². The second-order valence-corrected chi connectivity index (χ2v) is 4.30. The molecular weight excluding hydrogens is 227 g/mol. The Hall–Kier alpha value is -1.96. The van der Waals surface area contributed by atoms with Gasteiger partial charge in [-0.15, -0.1) is 0 Å². The number of halogens is 1. The number of hydrogen-bond acceptors (Lipinski definition) is 1. The Kier molecular flexibility index (Phi) is 3.56. The second kappa shape index (κ2) is 5.13. The lowest BCUT2D eigenvalue weighted by molar-refractivity contribution is 0.103. The fourth-order valence-corrected chi connectivity index (χ4v) is 2.03. The molecule has 0 amide bonds. The summed E-state index contributed by atoms with van der Waals surface area (Å²) >= 11 is 0. The first-order chi connectivity index (χ1) is 8.63. The Labute approximate surface area is 106 Å². The van der Waals surface area contributed by atoms with Gasteiger partial charge in [-0.3, -0.25) is 4.79 Å². The van der Waals surface area contributed by atoms with Crippen molar-refractivity contribution in [2.24, 2.45) is 0 Å². The third-order valence-corrected chi connectivity index (χ3v) is 3.09. The Morgan fingerprint density at radius 2 is 1.83 bits per heavy atom. The highest BCUT2D eigenvalue weighted by Gasteiger charge is 2.15. The molecule has 2 aromatic rings. The first kappa shape index (κ1) is 12.5. The summed E-state index contributed by atoms with van der Waals surface area (Å²) in [4.78, 5) is 12.4. The minimum atomic E-state index is -0.377. The molecule has 0 aliphatic heterocycles. The van der Waals surface area contributed by atoms with E-state index in [1.54, 1.807) is 12.1 Å². The largest absolute Gasteiger partial charge is 0.289 e. The van der Waals surface area contributed by atoms with Crippen molar-refractivity contribution in [1.82, 2.24) is 0 Å². The summed E-state index contributed by atoms with van der Waals surface area (Å²) in [7, 11) is 0. The van der Waals surface area contributed by atoms with Crippen LogP contribution < -0.4 is 0 Å². The quantitative estimate of drug-likeness (QED) is 0.745. The van der Waals surface area contributed by atoms with Crippen LogP contribution >= 0.6 is 0 Å². The molecule has 0 unspecified atom stereocenters. The van der Waals surface area contributed by atoms with Crippen molar-refractivity contribution in [2.45, 2.75) is 20.3 Å². The topological polar surface area (TPSA) is 17.1 Å². The maximum atomic E-state index is 13.3. The standard InChI is InChI=1S/C16H15FO/c1-3-12-6-4-5-7-14(12)16(18)15-10-13(17)9-8-11(15)2/h4-10H,3H2,1-2H3. The zero-order chi connectivity index (χ0) is 13.1. The third kappa shape index (κ3) is 2.33. The van der Waals surface area contributed by atoms with Crippen molar-refractivity contribution in [3.8, 4) is 0 Å². The van der Waals surface area contributed by atoms with Gasteiger partial charge in [0.25, 0.3) is 0 Å². The van der Waals surface area contributed by atoms with Crippen molar-refractivity contribution >= 4 is 5.78 Å². The second-order valence-electron chi connectivity index (χ2n) is 4.30. The lowest BCUT2D eigenvalue weighted by atomic mass is 9.94. The van der Waals surface area contributed by atoms with Gasteiger partial charge in [0, 0.05) is 11.1 Å². The van der Waals surface area contributed by atoms with E-state index in [1.807, 2.05) is 32.0 Å². The van der Waals surface area contributed by atoms with Gasteiger partial charge in [-0.1, -0.05) is 37.3 Å². The molecule has 0 radical (unpaired) electrons. The molecule has 1 nitrogen and oxygen atoms in total. The summed E-state index contributed by atoms with van der Waals surface area (Å²) < 4.78 is 13.3. The number of hydrogen-bond donors (Lipinski definition) is 0. The lowest BCUT2D eigenvalue weighted by Crippen LogP contribution is -2.07. The van der Waals surface area contributed by atoms with Gasteiger partial charge in [-0.2, -0.15) is 0 Å². The van der Waals surface area contributed by atoms with Gasteiger partial charge in [0.1, 0.15) is 5.82 Å². The van der Waals surface area contributed by atoms with E-state index < -0.39 is 0 Å². The minimum absolute atomic E-state index is 0.107. The van der Waals surface area contributed by atoms with Gasteiger partial charge >= 0.3 is 0 Å². The van der Waals surface area contributed by atoms with E-state index in [2.05, 4.69) is 0 Å². The van der Waals surface area contributed by atoms with Crippen molar-refractivity contribution in [2.75, 3.05) is 0 Å². The van der Waals surface area contributed by atoms with E-state index in [1.165, 1.54) is 12.1 Å². The summed E-state index contributed by atoms with van der Waals surface area (Å²) in [5.74, 6) is -0.484. The SMILES string of the molecule is CCc1ccccc1C(=O)c1cc(F)ccc1C. The third-order valence-electron chi connectivity index (χ3n) is 3.09. The van der Waals surface area contributed by atoms with Gasteiger partial charge in [-0.25, -0.2) is 4.39 Å². The molecule has 0 atom stereocenters. The summed E-state index contributed by atoms with van der Waals surface area (Å²) in [6.07, 6.45) is 0.788. The van der Waals surface area contributed by atoms with Crippen molar-refractivity contribution in [3.63, 3.8) is 0 Å². The van der Waals surface area contributed by atoms with Crippen LogP contribution in [0.25, 0.3) is 0 Å². The minimum Gasteiger partial charge on any atom is -0.289 e. The summed E-state index contributed by atoms with van der Waals surface area (Å²) in [6, 6.07) is 11.8. The first-order valence-electron chi connectivity index (χ1n) is 6.02. The summed E-state index contributed by atoms with van der Waals surface area (Å²) in [6.45, 7) is 3.83. The Bertz CT molecular complexity index is 587. The van der Waals surface area contributed by atoms with E-state index >= 15 is 0 Å². The highest BCUT2D eigenvalue weighted by atomic mass is 19.1. The molecule has 0 saturated carbocycles. The molecule has 0 N–H and O–H groups in total. The lowest BCUT2D eigenvalue weighted by Gasteiger charge is -2.09. The smallest absolute Gasteiger partial charge is 0.193 e. The van der Waals surface area contributed by atoms with Crippen LogP contribution in [0.4, 0.5) is 4.39 Å². The average molecular weight is 242 g/mol. The number of carbonyl (C=O) groups excluding carboxylic acids is 1. The fraction of sp³-hybridized carbons (Fsp3) is 0.188. The summed E-state index contributed by atoms with van der Waals surface area (Å²) in [5, 5.41) is 0. The maximum Gasteiger partial charge on any atom is 0.193 e. The predicted octanol–water partition coefficient (Wildman–Crippen LogP) is 3.93. The number of benzene rings is 2. The normalized spacial score (nSPS) is 10.4. The number of aryl methyl sites for hydroxylation is 2. The van der Waals surface area contributed by atoms with Gasteiger partial charge in [0.05, 0.1) is 0 Å². The molecule has 0 fully saturated rings. The van der Waals surface area contributed by atoms with Crippen LogP contribution in [0.15, 0.2) is 42.5 Å². The average Bonchev–Trinajstić information content (AvgIpc) is 2.40. The zero-order valence-corrected chi connectivity index (χ0v) is 10.5. The first-order valence-corrected chi connectivity index (χ1v) is 6.02. The highest BCUT2D eigenvalue weighted by molar-refractivity contribution is 6.10. The molecule has 0 heterocycles. The predicted molar refractivity (Wildman–Crippen MR) is 70.4 cm³/mol. The van der Waals surface area contributed by atoms with Gasteiger partial charge in [0.2, 0.25) is 0 Å². The van der Waals surface area contributed by atoms with Crippen molar-refractivity contribution in [1.29, 1.82) is 0 Å².